The fourth-order valence-electron chi connectivity index (χ4n) is 2.53. The van der Waals surface area contributed by atoms with E-state index < -0.39 is 0 Å². The van der Waals surface area contributed by atoms with Crippen LogP contribution in [0.25, 0.3) is 11.0 Å². The van der Waals surface area contributed by atoms with Gasteiger partial charge in [-0.1, -0.05) is 26.0 Å². The molecule has 0 aliphatic carbocycles. The summed E-state index contributed by atoms with van der Waals surface area (Å²) in [6.45, 7) is 7.35. The van der Waals surface area contributed by atoms with E-state index in [4.69, 9.17) is 9.72 Å². The zero-order chi connectivity index (χ0) is 16.1. The Bertz CT molecular complexity index is 634. The summed E-state index contributed by atoms with van der Waals surface area (Å²) in [5, 5.41) is 2.94. The maximum Gasteiger partial charge on any atom is 0.246 e. The van der Waals surface area contributed by atoms with Crippen LogP contribution in [0.15, 0.2) is 24.3 Å². The standard InChI is InChI=1S/C17H25N3O2/c1-12(2)9-10-20-15-8-6-5-7-14(15)19-17(20)13(3)18-16(21)11-22-4/h5-8,12-13H,9-11H2,1-4H3,(H,18,21). The number of imidazole rings is 1. The van der Waals surface area contributed by atoms with Crippen molar-refractivity contribution in [1.82, 2.24) is 14.9 Å². The number of hydrogen-bond acceptors (Lipinski definition) is 3. The Morgan fingerprint density at radius 2 is 2.05 bits per heavy atom. The van der Waals surface area contributed by atoms with Crippen LogP contribution in [0.1, 0.15) is 39.1 Å². The van der Waals surface area contributed by atoms with Crippen molar-refractivity contribution in [2.45, 2.75) is 39.8 Å². The summed E-state index contributed by atoms with van der Waals surface area (Å²) in [5.41, 5.74) is 2.08. The van der Waals surface area contributed by atoms with E-state index in [-0.39, 0.29) is 18.6 Å². The molecule has 5 heteroatoms. The molecule has 0 bridgehead atoms. The van der Waals surface area contributed by atoms with Gasteiger partial charge in [0, 0.05) is 13.7 Å². The zero-order valence-electron chi connectivity index (χ0n) is 13.8. The van der Waals surface area contributed by atoms with Crippen LogP contribution in [-0.2, 0) is 16.1 Å². The molecule has 0 saturated heterocycles. The van der Waals surface area contributed by atoms with Gasteiger partial charge < -0.3 is 14.6 Å². The van der Waals surface area contributed by atoms with Crippen LogP contribution in [0.2, 0.25) is 0 Å². The number of fused-ring (bicyclic) bond motifs is 1. The Hall–Kier alpha value is -1.88. The minimum atomic E-state index is -0.151. The van der Waals surface area contributed by atoms with Crippen LogP contribution in [0.3, 0.4) is 0 Å². The normalized spacial score (nSPS) is 12.8. The predicted octanol–water partition coefficient (Wildman–Crippen LogP) is 2.91. The third-order valence-corrected chi connectivity index (χ3v) is 3.65. The van der Waals surface area contributed by atoms with Gasteiger partial charge in [-0.15, -0.1) is 0 Å². The van der Waals surface area contributed by atoms with Crippen molar-refractivity contribution in [2.24, 2.45) is 5.92 Å². The van der Waals surface area contributed by atoms with E-state index in [0.717, 1.165) is 29.8 Å². The Morgan fingerprint density at radius 3 is 2.73 bits per heavy atom. The third-order valence-electron chi connectivity index (χ3n) is 3.65. The molecule has 5 nitrogen and oxygen atoms in total. The van der Waals surface area contributed by atoms with Gasteiger partial charge in [-0.2, -0.15) is 0 Å². The number of carbonyl (C=O) groups is 1. The molecule has 1 aromatic carbocycles. The van der Waals surface area contributed by atoms with Gasteiger partial charge in [0.25, 0.3) is 0 Å². The quantitative estimate of drug-likeness (QED) is 0.855. The summed E-state index contributed by atoms with van der Waals surface area (Å²) in [5.74, 6) is 1.39. The average Bonchev–Trinajstić information content (AvgIpc) is 2.84. The van der Waals surface area contributed by atoms with E-state index in [1.165, 1.54) is 7.11 Å². The number of rotatable bonds is 7. The van der Waals surface area contributed by atoms with E-state index in [0.29, 0.717) is 5.92 Å². The van der Waals surface area contributed by atoms with Gasteiger partial charge >= 0.3 is 0 Å². The van der Waals surface area contributed by atoms with Crippen LogP contribution < -0.4 is 5.32 Å². The van der Waals surface area contributed by atoms with Crippen LogP contribution in [-0.4, -0.2) is 29.2 Å². The Morgan fingerprint density at radius 1 is 1.32 bits per heavy atom. The molecule has 0 aliphatic rings. The summed E-state index contributed by atoms with van der Waals surface area (Å²) in [4.78, 5) is 16.5. The topological polar surface area (TPSA) is 56.1 Å². The van der Waals surface area contributed by atoms with Gasteiger partial charge in [0.2, 0.25) is 5.91 Å². The lowest BCUT2D eigenvalue weighted by Gasteiger charge is -2.17. The highest BCUT2D eigenvalue weighted by Gasteiger charge is 2.18. The van der Waals surface area contributed by atoms with E-state index in [9.17, 15) is 4.79 Å². The Balaban J connectivity index is 2.30. The molecule has 1 amide bonds. The largest absolute Gasteiger partial charge is 0.375 e. The second kappa shape index (κ2) is 7.40. The van der Waals surface area contributed by atoms with Crippen molar-refractivity contribution >= 4 is 16.9 Å². The average molecular weight is 303 g/mol. The first kappa shape index (κ1) is 16.5. The molecule has 1 N–H and O–H groups in total. The first-order valence-corrected chi connectivity index (χ1v) is 7.76. The molecule has 2 rings (SSSR count). The van der Waals surface area contributed by atoms with Crippen LogP contribution in [0.5, 0.6) is 0 Å². The highest BCUT2D eigenvalue weighted by Crippen LogP contribution is 2.22. The van der Waals surface area contributed by atoms with Gasteiger partial charge in [-0.3, -0.25) is 4.79 Å². The number of nitrogens with zero attached hydrogens (tertiary/aromatic N) is 2. The summed E-state index contributed by atoms with van der Waals surface area (Å²) < 4.78 is 7.08. The highest BCUT2D eigenvalue weighted by atomic mass is 16.5. The molecule has 1 heterocycles. The van der Waals surface area contributed by atoms with E-state index >= 15 is 0 Å². The predicted molar refractivity (Wildman–Crippen MR) is 87.6 cm³/mol. The number of para-hydroxylation sites is 2. The lowest BCUT2D eigenvalue weighted by molar-refractivity contribution is -0.125. The lowest BCUT2D eigenvalue weighted by atomic mass is 10.1. The molecule has 0 aliphatic heterocycles. The SMILES string of the molecule is COCC(=O)NC(C)c1nc2ccccc2n1CCC(C)C. The number of nitrogens with one attached hydrogen (secondary N) is 1. The van der Waals surface area contributed by atoms with Gasteiger partial charge in [-0.25, -0.2) is 4.98 Å². The second-order valence-electron chi connectivity index (χ2n) is 6.02. The summed E-state index contributed by atoms with van der Waals surface area (Å²) in [6.07, 6.45) is 1.08. The minimum Gasteiger partial charge on any atom is -0.375 e. The number of carbonyl (C=O) groups excluding carboxylic acids is 1. The van der Waals surface area contributed by atoms with Crippen LogP contribution in [0, 0.1) is 5.92 Å². The first-order chi connectivity index (χ1) is 10.5. The highest BCUT2D eigenvalue weighted by molar-refractivity contribution is 5.78. The van der Waals surface area contributed by atoms with Crippen molar-refractivity contribution in [3.8, 4) is 0 Å². The lowest BCUT2D eigenvalue weighted by Crippen LogP contribution is -2.31. The van der Waals surface area contributed by atoms with E-state index in [1.54, 1.807) is 0 Å². The van der Waals surface area contributed by atoms with Crippen LogP contribution in [0.4, 0.5) is 0 Å². The summed E-state index contributed by atoms with van der Waals surface area (Å²) in [6, 6.07) is 7.94. The minimum absolute atomic E-state index is 0.0660. The van der Waals surface area contributed by atoms with E-state index in [2.05, 4.69) is 29.8 Å². The zero-order valence-corrected chi connectivity index (χ0v) is 13.8. The molecule has 0 fully saturated rings. The number of methoxy groups -OCH3 is 1. The second-order valence-corrected chi connectivity index (χ2v) is 6.02. The van der Waals surface area contributed by atoms with E-state index in [1.807, 2.05) is 25.1 Å². The molecule has 0 spiro atoms. The smallest absolute Gasteiger partial charge is 0.246 e. The van der Waals surface area contributed by atoms with Gasteiger partial charge in [0.15, 0.2) is 0 Å². The first-order valence-electron chi connectivity index (χ1n) is 7.76. The number of ether oxygens (including phenoxy) is 1. The third kappa shape index (κ3) is 3.85. The molecular formula is C17H25N3O2. The number of aryl methyl sites for hydroxylation is 1. The van der Waals surface area contributed by atoms with Crippen LogP contribution >= 0.6 is 0 Å². The van der Waals surface area contributed by atoms with Crippen molar-refractivity contribution < 1.29 is 9.53 Å². The molecule has 22 heavy (non-hydrogen) atoms. The molecule has 120 valence electrons. The van der Waals surface area contributed by atoms with Crippen molar-refractivity contribution in [1.29, 1.82) is 0 Å². The van der Waals surface area contributed by atoms with Crippen molar-refractivity contribution in [3.05, 3.63) is 30.1 Å². The molecule has 0 radical (unpaired) electrons. The molecule has 1 unspecified atom stereocenters. The maximum atomic E-state index is 11.7. The molecular weight excluding hydrogens is 278 g/mol. The molecule has 1 aromatic heterocycles. The number of hydrogen-bond donors (Lipinski definition) is 1. The molecule has 2 aromatic rings. The summed E-state index contributed by atoms with van der Waals surface area (Å²) in [7, 11) is 1.52. The van der Waals surface area contributed by atoms with Gasteiger partial charge in [0.05, 0.1) is 17.1 Å². The Kier molecular flexibility index (Phi) is 5.55. The number of amides is 1. The van der Waals surface area contributed by atoms with Crippen molar-refractivity contribution in [2.75, 3.05) is 13.7 Å². The van der Waals surface area contributed by atoms with Gasteiger partial charge in [-0.05, 0) is 31.4 Å². The summed E-state index contributed by atoms with van der Waals surface area (Å²) >= 11 is 0. The number of benzene rings is 1. The molecule has 0 saturated carbocycles. The van der Waals surface area contributed by atoms with Crippen molar-refractivity contribution in [3.63, 3.8) is 0 Å². The maximum absolute atomic E-state index is 11.7. The fraction of sp³-hybridized carbons (Fsp3) is 0.529. The fourth-order valence-corrected chi connectivity index (χ4v) is 2.53. The monoisotopic (exact) mass is 303 g/mol. The van der Waals surface area contributed by atoms with Gasteiger partial charge in [0.1, 0.15) is 12.4 Å². The Labute approximate surface area is 131 Å². The molecule has 1 atom stereocenters. The number of aromatic nitrogens is 2.